The van der Waals surface area contributed by atoms with Crippen molar-refractivity contribution in [3.63, 3.8) is 0 Å². The summed E-state index contributed by atoms with van der Waals surface area (Å²) in [7, 11) is 0. The largest absolute Gasteiger partial charge is 0.352 e. The van der Waals surface area contributed by atoms with Gasteiger partial charge in [0, 0.05) is 12.2 Å². The zero-order valence-electron chi connectivity index (χ0n) is 10.0. The molecule has 0 radical (unpaired) electrons. The van der Waals surface area contributed by atoms with Gasteiger partial charge in [-0.2, -0.15) is 0 Å². The molecule has 0 fully saturated rings. The van der Waals surface area contributed by atoms with Crippen LogP contribution in [0.3, 0.4) is 0 Å². The number of benzene rings is 2. The number of fused-ring (bicyclic) bond motifs is 1. The van der Waals surface area contributed by atoms with Crippen LogP contribution in [-0.4, -0.2) is 13.2 Å². The lowest BCUT2D eigenvalue weighted by Crippen LogP contribution is -2.27. The minimum atomic E-state index is 0.944. The average Bonchev–Trinajstić information content (AvgIpc) is 2.78. The molecule has 2 aromatic carbocycles. The summed E-state index contributed by atoms with van der Waals surface area (Å²) in [5, 5.41) is 0. The first-order chi connectivity index (χ1) is 8.40. The lowest BCUT2D eigenvalue weighted by molar-refractivity contribution is 0.865. The summed E-state index contributed by atoms with van der Waals surface area (Å²) >= 11 is 0. The highest BCUT2D eigenvalue weighted by atomic mass is 15.4. The molecule has 17 heavy (non-hydrogen) atoms. The van der Waals surface area contributed by atoms with Crippen molar-refractivity contribution in [2.45, 2.75) is 6.92 Å². The summed E-state index contributed by atoms with van der Waals surface area (Å²) in [6, 6.07) is 19.2. The van der Waals surface area contributed by atoms with E-state index in [4.69, 9.17) is 0 Å². The van der Waals surface area contributed by atoms with Gasteiger partial charge in [0.1, 0.15) is 0 Å². The molecule has 0 saturated heterocycles. The maximum Gasteiger partial charge on any atom is 0.0953 e. The maximum atomic E-state index is 2.39. The Morgan fingerprint density at radius 1 is 0.882 bits per heavy atom. The number of para-hydroxylation sites is 3. The van der Waals surface area contributed by atoms with Gasteiger partial charge in [-0.05, 0) is 31.2 Å². The van der Waals surface area contributed by atoms with Gasteiger partial charge >= 0.3 is 0 Å². The van der Waals surface area contributed by atoms with Gasteiger partial charge in [0.2, 0.25) is 0 Å². The predicted octanol–water partition coefficient (Wildman–Crippen LogP) is 3.62. The van der Waals surface area contributed by atoms with Crippen LogP contribution >= 0.6 is 0 Å². The molecule has 86 valence electrons. The SMILES string of the molecule is CCN1CN(c2ccccc2)c2ccccc21. The Kier molecular flexibility index (Phi) is 2.48. The molecule has 0 atom stereocenters. The molecule has 0 N–H and O–H groups in total. The summed E-state index contributed by atoms with van der Waals surface area (Å²) in [4.78, 5) is 4.75. The Morgan fingerprint density at radius 2 is 1.53 bits per heavy atom. The van der Waals surface area contributed by atoms with Gasteiger partial charge in [0.15, 0.2) is 0 Å². The van der Waals surface area contributed by atoms with Gasteiger partial charge in [-0.3, -0.25) is 0 Å². The summed E-state index contributed by atoms with van der Waals surface area (Å²) < 4.78 is 0. The Morgan fingerprint density at radius 3 is 2.24 bits per heavy atom. The Labute approximate surface area is 102 Å². The van der Waals surface area contributed by atoms with E-state index in [0.717, 1.165) is 13.2 Å². The molecule has 0 spiro atoms. The van der Waals surface area contributed by atoms with Crippen LogP contribution in [0.2, 0.25) is 0 Å². The second-order valence-electron chi connectivity index (χ2n) is 4.25. The van der Waals surface area contributed by atoms with E-state index in [0.29, 0.717) is 0 Å². The van der Waals surface area contributed by atoms with E-state index in [1.165, 1.54) is 17.1 Å². The molecule has 0 amide bonds. The summed E-state index contributed by atoms with van der Waals surface area (Å²) in [5.74, 6) is 0. The summed E-state index contributed by atoms with van der Waals surface area (Å²) in [6.07, 6.45) is 0. The van der Waals surface area contributed by atoms with E-state index >= 15 is 0 Å². The lowest BCUT2D eigenvalue weighted by atomic mass is 10.2. The van der Waals surface area contributed by atoms with Crippen LogP contribution in [0.15, 0.2) is 54.6 Å². The molecule has 0 bridgehead atoms. The van der Waals surface area contributed by atoms with Crippen molar-refractivity contribution in [2.24, 2.45) is 0 Å². The fourth-order valence-electron chi connectivity index (χ4n) is 2.38. The third-order valence-corrected chi connectivity index (χ3v) is 3.27. The lowest BCUT2D eigenvalue weighted by Gasteiger charge is -2.20. The van der Waals surface area contributed by atoms with Crippen molar-refractivity contribution < 1.29 is 0 Å². The number of nitrogens with zero attached hydrogens (tertiary/aromatic N) is 2. The molecular weight excluding hydrogens is 208 g/mol. The van der Waals surface area contributed by atoms with Crippen molar-refractivity contribution in [2.75, 3.05) is 23.0 Å². The van der Waals surface area contributed by atoms with Gasteiger partial charge in [0.25, 0.3) is 0 Å². The molecule has 1 aliphatic heterocycles. The first kappa shape index (κ1) is 10.2. The molecule has 2 heteroatoms. The first-order valence-electron chi connectivity index (χ1n) is 6.06. The second-order valence-corrected chi connectivity index (χ2v) is 4.25. The van der Waals surface area contributed by atoms with E-state index in [9.17, 15) is 0 Å². The van der Waals surface area contributed by atoms with Gasteiger partial charge in [0.05, 0.1) is 18.0 Å². The van der Waals surface area contributed by atoms with Crippen molar-refractivity contribution >= 4 is 17.1 Å². The fraction of sp³-hybridized carbons (Fsp3) is 0.200. The van der Waals surface area contributed by atoms with E-state index in [2.05, 4.69) is 71.3 Å². The molecule has 2 aromatic rings. The average molecular weight is 224 g/mol. The normalized spacial score (nSPS) is 13.9. The predicted molar refractivity (Wildman–Crippen MR) is 72.9 cm³/mol. The zero-order valence-corrected chi connectivity index (χ0v) is 10.0. The fourth-order valence-corrected chi connectivity index (χ4v) is 2.38. The van der Waals surface area contributed by atoms with Crippen molar-refractivity contribution in [1.82, 2.24) is 0 Å². The van der Waals surface area contributed by atoms with Crippen molar-refractivity contribution in [1.29, 1.82) is 0 Å². The summed E-state index contributed by atoms with van der Waals surface area (Å²) in [6.45, 7) is 4.19. The minimum Gasteiger partial charge on any atom is -0.352 e. The Bertz CT molecular complexity index is 507. The second kappa shape index (κ2) is 4.13. The molecule has 2 nitrogen and oxygen atoms in total. The number of rotatable bonds is 2. The van der Waals surface area contributed by atoms with Crippen LogP contribution in [0, 0.1) is 0 Å². The Balaban J connectivity index is 2.05. The molecule has 0 aromatic heterocycles. The maximum absolute atomic E-state index is 2.39. The monoisotopic (exact) mass is 224 g/mol. The van der Waals surface area contributed by atoms with E-state index in [-0.39, 0.29) is 0 Å². The molecule has 1 heterocycles. The molecule has 0 aliphatic carbocycles. The van der Waals surface area contributed by atoms with Gasteiger partial charge < -0.3 is 9.80 Å². The smallest absolute Gasteiger partial charge is 0.0953 e. The number of anilines is 3. The zero-order chi connectivity index (χ0) is 11.7. The van der Waals surface area contributed by atoms with Crippen molar-refractivity contribution in [3.8, 4) is 0 Å². The number of hydrogen-bond donors (Lipinski definition) is 0. The van der Waals surface area contributed by atoms with Gasteiger partial charge in [-0.1, -0.05) is 30.3 Å². The van der Waals surface area contributed by atoms with Gasteiger partial charge in [-0.25, -0.2) is 0 Å². The highest BCUT2D eigenvalue weighted by molar-refractivity contribution is 5.82. The van der Waals surface area contributed by atoms with E-state index in [1.807, 2.05) is 0 Å². The van der Waals surface area contributed by atoms with Crippen LogP contribution in [0.4, 0.5) is 17.1 Å². The minimum absolute atomic E-state index is 0.944. The standard InChI is InChI=1S/C15H16N2/c1-2-16-12-17(13-8-4-3-5-9-13)15-11-7-6-10-14(15)16/h3-11H,2,12H2,1H3. The topological polar surface area (TPSA) is 6.48 Å². The molecular formula is C15H16N2. The van der Waals surface area contributed by atoms with Crippen LogP contribution in [-0.2, 0) is 0 Å². The van der Waals surface area contributed by atoms with Crippen LogP contribution in [0.25, 0.3) is 0 Å². The first-order valence-corrected chi connectivity index (χ1v) is 6.06. The number of hydrogen-bond acceptors (Lipinski definition) is 2. The molecule has 0 saturated carbocycles. The van der Waals surface area contributed by atoms with Crippen LogP contribution in [0.5, 0.6) is 0 Å². The third-order valence-electron chi connectivity index (χ3n) is 3.27. The quantitative estimate of drug-likeness (QED) is 0.768. The molecule has 1 aliphatic rings. The van der Waals surface area contributed by atoms with Crippen LogP contribution in [0.1, 0.15) is 6.92 Å². The third kappa shape index (κ3) is 1.66. The molecule has 3 rings (SSSR count). The van der Waals surface area contributed by atoms with Crippen molar-refractivity contribution in [3.05, 3.63) is 54.6 Å². The van der Waals surface area contributed by atoms with E-state index in [1.54, 1.807) is 0 Å². The van der Waals surface area contributed by atoms with E-state index < -0.39 is 0 Å². The highest BCUT2D eigenvalue weighted by Crippen LogP contribution is 2.39. The highest BCUT2D eigenvalue weighted by Gasteiger charge is 2.24. The van der Waals surface area contributed by atoms with Gasteiger partial charge in [-0.15, -0.1) is 0 Å². The Hall–Kier alpha value is -1.96. The molecule has 0 unspecified atom stereocenters. The summed E-state index contributed by atoms with van der Waals surface area (Å²) in [5.41, 5.74) is 3.90. The van der Waals surface area contributed by atoms with Crippen LogP contribution < -0.4 is 9.80 Å².